The number of hydrogen-bond acceptors (Lipinski definition) is 4. The average Bonchev–Trinajstić information content (AvgIpc) is 2.86. The first-order chi connectivity index (χ1) is 16.7. The highest BCUT2D eigenvalue weighted by Crippen LogP contribution is 2.37. The number of aliphatic hydroxyl groups is 1. The minimum atomic E-state index is -0.504. The summed E-state index contributed by atoms with van der Waals surface area (Å²) in [6.45, 7) is 8.33. The average molecular weight is 495 g/mol. The van der Waals surface area contributed by atoms with Gasteiger partial charge < -0.3 is 19.3 Å². The zero-order valence-electron chi connectivity index (χ0n) is 23.9. The van der Waals surface area contributed by atoms with Crippen LogP contribution in [0.25, 0.3) is 0 Å². The van der Waals surface area contributed by atoms with Crippen molar-refractivity contribution in [3.63, 3.8) is 0 Å². The minimum absolute atomic E-state index is 0.0375. The van der Waals surface area contributed by atoms with Crippen molar-refractivity contribution in [2.75, 3.05) is 7.11 Å². The van der Waals surface area contributed by atoms with Crippen LogP contribution in [0.4, 0.5) is 0 Å². The van der Waals surface area contributed by atoms with Crippen molar-refractivity contribution in [2.24, 2.45) is 11.8 Å². The molecule has 0 saturated heterocycles. The van der Waals surface area contributed by atoms with Crippen molar-refractivity contribution in [1.82, 2.24) is 0 Å². The van der Waals surface area contributed by atoms with Crippen LogP contribution in [0.15, 0.2) is 0 Å². The van der Waals surface area contributed by atoms with Crippen molar-refractivity contribution >= 4 is 0 Å². The maximum absolute atomic E-state index is 10.0. The van der Waals surface area contributed by atoms with Crippen LogP contribution in [-0.2, 0) is 14.2 Å². The molecule has 0 bridgehead atoms. The maximum atomic E-state index is 10.0. The van der Waals surface area contributed by atoms with Crippen LogP contribution in [-0.4, -0.2) is 47.8 Å². The fourth-order valence-corrected chi connectivity index (χ4v) is 6.91. The van der Waals surface area contributed by atoms with Gasteiger partial charge in [0.25, 0.3) is 0 Å². The predicted octanol–water partition coefficient (Wildman–Crippen LogP) is 7.98. The van der Waals surface area contributed by atoms with E-state index in [2.05, 4.69) is 13.8 Å². The van der Waals surface area contributed by atoms with Gasteiger partial charge in [-0.25, -0.2) is 0 Å². The van der Waals surface area contributed by atoms with Gasteiger partial charge in [0.1, 0.15) is 0 Å². The Balaban J connectivity index is 0.000000196. The van der Waals surface area contributed by atoms with Gasteiger partial charge in [0.05, 0.1) is 35.6 Å². The highest BCUT2D eigenvalue weighted by molar-refractivity contribution is 4.86. The summed E-state index contributed by atoms with van der Waals surface area (Å²) in [4.78, 5) is 0. The van der Waals surface area contributed by atoms with E-state index in [1.807, 2.05) is 21.0 Å². The molecule has 0 spiro atoms. The Morgan fingerprint density at radius 3 is 1.17 bits per heavy atom. The molecule has 4 saturated carbocycles. The first-order valence-corrected chi connectivity index (χ1v) is 15.3. The second-order valence-electron chi connectivity index (χ2n) is 13.2. The molecule has 0 amide bonds. The first-order valence-electron chi connectivity index (χ1n) is 15.3. The molecule has 35 heavy (non-hydrogen) atoms. The Morgan fingerprint density at radius 2 is 0.829 bits per heavy atom. The van der Waals surface area contributed by atoms with E-state index in [1.54, 1.807) is 0 Å². The summed E-state index contributed by atoms with van der Waals surface area (Å²) in [6, 6.07) is 0. The fraction of sp³-hybridized carbons (Fsp3) is 1.00. The molecule has 4 aliphatic carbocycles. The molecule has 0 aromatic heterocycles. The van der Waals surface area contributed by atoms with E-state index in [9.17, 15) is 5.11 Å². The van der Waals surface area contributed by atoms with Gasteiger partial charge in [0.2, 0.25) is 0 Å². The molecule has 206 valence electrons. The van der Waals surface area contributed by atoms with Gasteiger partial charge in [-0.15, -0.1) is 0 Å². The molecule has 0 heterocycles. The van der Waals surface area contributed by atoms with Crippen molar-refractivity contribution in [1.29, 1.82) is 0 Å². The Bertz CT molecular complexity index is 555. The molecule has 0 radical (unpaired) electrons. The lowest BCUT2D eigenvalue weighted by atomic mass is 9.77. The lowest BCUT2D eigenvalue weighted by molar-refractivity contribution is -0.0844. The summed E-state index contributed by atoms with van der Waals surface area (Å²) in [7, 11) is 1.84. The molecular weight excluding hydrogens is 436 g/mol. The SMILES string of the molecule is CC(C)(O)C1CCC(OC2CCCCC2)CC1.COC(C)(C)C1CCC(OC2CCCCC2)CC1. The topological polar surface area (TPSA) is 47.9 Å². The molecule has 4 rings (SSSR count). The van der Waals surface area contributed by atoms with Crippen LogP contribution in [0.3, 0.4) is 0 Å². The monoisotopic (exact) mass is 494 g/mol. The van der Waals surface area contributed by atoms with Gasteiger partial charge >= 0.3 is 0 Å². The van der Waals surface area contributed by atoms with Crippen LogP contribution < -0.4 is 0 Å². The summed E-state index contributed by atoms with van der Waals surface area (Å²) in [5, 5.41) is 10.0. The fourth-order valence-electron chi connectivity index (χ4n) is 6.91. The van der Waals surface area contributed by atoms with E-state index < -0.39 is 5.60 Å². The molecule has 0 aliphatic heterocycles. The van der Waals surface area contributed by atoms with Crippen LogP contribution in [0.2, 0.25) is 0 Å². The molecule has 4 nitrogen and oxygen atoms in total. The quantitative estimate of drug-likeness (QED) is 0.390. The van der Waals surface area contributed by atoms with Gasteiger partial charge in [0, 0.05) is 7.11 Å². The Labute approximate surface area is 217 Å². The zero-order chi connectivity index (χ0) is 25.3. The van der Waals surface area contributed by atoms with E-state index >= 15 is 0 Å². The summed E-state index contributed by atoms with van der Waals surface area (Å²) in [5.74, 6) is 1.17. The van der Waals surface area contributed by atoms with E-state index in [4.69, 9.17) is 14.2 Å². The first kappa shape index (κ1) is 29.4. The summed E-state index contributed by atoms with van der Waals surface area (Å²) in [6.07, 6.45) is 25.0. The summed E-state index contributed by atoms with van der Waals surface area (Å²) in [5.41, 5.74) is -0.467. The highest BCUT2D eigenvalue weighted by atomic mass is 16.5. The highest BCUT2D eigenvalue weighted by Gasteiger charge is 2.34. The van der Waals surface area contributed by atoms with Gasteiger partial charge in [-0.1, -0.05) is 38.5 Å². The van der Waals surface area contributed by atoms with Crippen LogP contribution >= 0.6 is 0 Å². The largest absolute Gasteiger partial charge is 0.390 e. The standard InChI is InChI=1S/C16H30O2.C15H28O2/c1-16(2,17-3)13-9-11-15(12-10-13)18-14-7-5-4-6-8-14;1-15(2,16)12-8-10-14(11-9-12)17-13-6-4-3-5-7-13/h13-15H,4-12H2,1-3H3;12-14,16H,3-11H2,1-2H3. The Kier molecular flexibility index (Phi) is 11.9. The third-order valence-electron chi connectivity index (χ3n) is 9.73. The minimum Gasteiger partial charge on any atom is -0.390 e. The smallest absolute Gasteiger partial charge is 0.0650 e. The van der Waals surface area contributed by atoms with Gasteiger partial charge in [-0.05, 0) is 117 Å². The van der Waals surface area contributed by atoms with Gasteiger partial charge in [-0.3, -0.25) is 0 Å². The second kappa shape index (κ2) is 14.1. The number of rotatable bonds is 7. The van der Waals surface area contributed by atoms with Crippen molar-refractivity contribution in [3.05, 3.63) is 0 Å². The van der Waals surface area contributed by atoms with Crippen LogP contribution in [0, 0.1) is 11.8 Å². The molecular formula is C31H58O4. The summed E-state index contributed by atoms with van der Waals surface area (Å²) >= 11 is 0. The molecule has 4 heteroatoms. The molecule has 0 atom stereocenters. The van der Waals surface area contributed by atoms with E-state index in [0.29, 0.717) is 36.3 Å². The third kappa shape index (κ3) is 9.91. The lowest BCUT2D eigenvalue weighted by Gasteiger charge is -2.39. The van der Waals surface area contributed by atoms with Crippen molar-refractivity contribution < 1.29 is 19.3 Å². The molecule has 4 fully saturated rings. The molecule has 1 N–H and O–H groups in total. The molecule has 4 aliphatic rings. The van der Waals surface area contributed by atoms with Gasteiger partial charge in [-0.2, -0.15) is 0 Å². The van der Waals surface area contributed by atoms with Crippen LogP contribution in [0.1, 0.15) is 143 Å². The Hall–Kier alpha value is -0.160. The zero-order valence-corrected chi connectivity index (χ0v) is 23.9. The van der Waals surface area contributed by atoms with Gasteiger partial charge in [0.15, 0.2) is 0 Å². The molecule has 0 unspecified atom stereocenters. The van der Waals surface area contributed by atoms with E-state index in [-0.39, 0.29) is 5.60 Å². The molecule has 0 aromatic rings. The third-order valence-corrected chi connectivity index (χ3v) is 9.73. The lowest BCUT2D eigenvalue weighted by Crippen LogP contribution is -2.38. The van der Waals surface area contributed by atoms with Crippen molar-refractivity contribution in [2.45, 2.75) is 179 Å². The molecule has 0 aromatic carbocycles. The predicted molar refractivity (Wildman–Crippen MR) is 145 cm³/mol. The maximum Gasteiger partial charge on any atom is 0.0650 e. The normalized spacial score (nSPS) is 32.1. The summed E-state index contributed by atoms with van der Waals surface area (Å²) < 4.78 is 18.1. The van der Waals surface area contributed by atoms with Crippen molar-refractivity contribution in [3.8, 4) is 0 Å². The van der Waals surface area contributed by atoms with Crippen LogP contribution in [0.5, 0.6) is 0 Å². The number of ether oxygens (including phenoxy) is 3. The number of methoxy groups -OCH3 is 1. The van der Waals surface area contributed by atoms with E-state index in [1.165, 1.54) is 89.9 Å². The second-order valence-corrected chi connectivity index (χ2v) is 13.2. The Morgan fingerprint density at radius 1 is 0.486 bits per heavy atom. The number of hydrogen-bond donors (Lipinski definition) is 1. The van der Waals surface area contributed by atoms with E-state index in [0.717, 1.165) is 25.7 Å².